The van der Waals surface area contributed by atoms with Crippen LogP contribution in [0.2, 0.25) is 0 Å². The molecule has 5 rings (SSSR count). The van der Waals surface area contributed by atoms with E-state index in [0.29, 0.717) is 17.1 Å². The average molecular weight is 398 g/mol. The largest absolute Gasteiger partial charge is 0.361 e. The molecule has 0 saturated heterocycles. The maximum absolute atomic E-state index is 13.1. The number of carbonyl (C=O) groups is 1. The fraction of sp³-hybridized carbons (Fsp3) is 0.217. The topological polar surface area (TPSA) is 84.7 Å². The fourth-order valence-electron chi connectivity index (χ4n) is 4.01. The summed E-state index contributed by atoms with van der Waals surface area (Å²) in [4.78, 5) is 22.0. The lowest BCUT2D eigenvalue weighted by molar-refractivity contribution is 0.102. The number of nitrogens with zero attached hydrogens (tertiary/aromatic N) is 4. The Kier molecular flexibility index (Phi) is 4.24. The molecule has 1 aliphatic heterocycles. The number of benzene rings is 1. The smallest absolute Gasteiger partial charge is 0.261 e. The van der Waals surface area contributed by atoms with Gasteiger partial charge < -0.3 is 10.6 Å². The molecular weight excluding hydrogens is 376 g/mol. The quantitative estimate of drug-likeness (QED) is 0.535. The molecule has 1 aliphatic rings. The minimum atomic E-state index is -0.258. The van der Waals surface area contributed by atoms with Crippen molar-refractivity contribution in [2.45, 2.75) is 31.8 Å². The zero-order chi connectivity index (χ0) is 20.7. The molecule has 4 aromatic rings. The monoisotopic (exact) mass is 398 g/mol. The number of anilines is 2. The normalized spacial score (nSPS) is 17.2. The molecule has 1 unspecified atom stereocenters. The summed E-state index contributed by atoms with van der Waals surface area (Å²) in [7, 11) is 0. The van der Waals surface area contributed by atoms with Gasteiger partial charge in [-0.2, -0.15) is 5.10 Å². The molecule has 150 valence electrons. The lowest BCUT2D eigenvalue weighted by atomic mass is 9.91. The number of aromatic nitrogens is 4. The van der Waals surface area contributed by atoms with E-state index in [1.165, 1.54) is 0 Å². The third kappa shape index (κ3) is 3.18. The Morgan fingerprint density at radius 2 is 1.97 bits per heavy atom. The van der Waals surface area contributed by atoms with E-state index >= 15 is 0 Å². The first-order chi connectivity index (χ1) is 14.5. The number of para-hydroxylation sites is 1. The zero-order valence-corrected chi connectivity index (χ0v) is 16.8. The highest BCUT2D eigenvalue weighted by molar-refractivity contribution is 6.08. The van der Waals surface area contributed by atoms with Gasteiger partial charge in [-0.3, -0.25) is 14.8 Å². The van der Waals surface area contributed by atoms with E-state index in [1.807, 2.05) is 53.2 Å². The van der Waals surface area contributed by atoms with Crippen LogP contribution >= 0.6 is 0 Å². The van der Waals surface area contributed by atoms with Crippen molar-refractivity contribution in [2.75, 3.05) is 10.6 Å². The number of hydrogen-bond donors (Lipinski definition) is 2. The van der Waals surface area contributed by atoms with Crippen LogP contribution in [-0.2, 0) is 5.54 Å². The van der Waals surface area contributed by atoms with Crippen LogP contribution in [0.1, 0.15) is 42.4 Å². The van der Waals surface area contributed by atoms with E-state index in [9.17, 15) is 4.79 Å². The van der Waals surface area contributed by atoms with Gasteiger partial charge in [0.2, 0.25) is 0 Å². The van der Waals surface area contributed by atoms with Crippen LogP contribution in [0.5, 0.6) is 0 Å². The maximum Gasteiger partial charge on any atom is 0.261 e. The summed E-state index contributed by atoms with van der Waals surface area (Å²) in [6, 6.07) is 15.6. The van der Waals surface area contributed by atoms with Gasteiger partial charge in [0, 0.05) is 11.6 Å². The summed E-state index contributed by atoms with van der Waals surface area (Å²) in [6.07, 6.45) is 5.89. The van der Waals surface area contributed by atoms with Crippen molar-refractivity contribution in [3.05, 3.63) is 78.4 Å². The van der Waals surface area contributed by atoms with Crippen molar-refractivity contribution < 1.29 is 4.79 Å². The third-order valence-corrected chi connectivity index (χ3v) is 5.49. The highest BCUT2D eigenvalue weighted by Crippen LogP contribution is 2.39. The molecule has 0 spiro atoms. The Morgan fingerprint density at radius 1 is 1.13 bits per heavy atom. The standard InChI is InChI=1S/C23H22N6O/c1-23(2)12-20(19-9-5-6-10-24-19)28-21-17(14-26-29(21)23)22(30)27-16-11-15-7-3-4-8-18(15)25-13-16/h3-11,13-14,20,28H,12H2,1-2H3,(H,27,30). The molecule has 0 aliphatic carbocycles. The first-order valence-corrected chi connectivity index (χ1v) is 9.93. The van der Waals surface area contributed by atoms with Gasteiger partial charge >= 0.3 is 0 Å². The molecule has 1 aromatic carbocycles. The van der Waals surface area contributed by atoms with E-state index in [-0.39, 0.29) is 17.5 Å². The van der Waals surface area contributed by atoms with Gasteiger partial charge in [0.15, 0.2) is 0 Å². The van der Waals surface area contributed by atoms with Gasteiger partial charge in [0.25, 0.3) is 5.91 Å². The minimum Gasteiger partial charge on any atom is -0.361 e. The number of carbonyl (C=O) groups excluding carboxylic acids is 1. The zero-order valence-electron chi connectivity index (χ0n) is 16.8. The highest BCUT2D eigenvalue weighted by atomic mass is 16.1. The van der Waals surface area contributed by atoms with Crippen LogP contribution in [-0.4, -0.2) is 25.7 Å². The molecular formula is C23H22N6O. The van der Waals surface area contributed by atoms with E-state index in [1.54, 1.807) is 18.6 Å². The second kappa shape index (κ2) is 6.95. The van der Waals surface area contributed by atoms with Crippen LogP contribution < -0.4 is 10.6 Å². The van der Waals surface area contributed by atoms with Crippen LogP contribution in [0, 0.1) is 0 Å². The summed E-state index contributed by atoms with van der Waals surface area (Å²) in [5, 5.41) is 11.9. The predicted molar refractivity (Wildman–Crippen MR) is 116 cm³/mol. The maximum atomic E-state index is 13.1. The van der Waals surface area contributed by atoms with Gasteiger partial charge in [0.05, 0.1) is 40.9 Å². The van der Waals surface area contributed by atoms with Gasteiger partial charge in [0.1, 0.15) is 11.4 Å². The molecule has 2 N–H and O–H groups in total. The molecule has 0 saturated carbocycles. The second-order valence-corrected chi connectivity index (χ2v) is 8.16. The first-order valence-electron chi connectivity index (χ1n) is 9.93. The van der Waals surface area contributed by atoms with Crippen molar-refractivity contribution >= 4 is 28.3 Å². The summed E-state index contributed by atoms with van der Waals surface area (Å²) in [6.45, 7) is 4.24. The highest BCUT2D eigenvalue weighted by Gasteiger charge is 2.37. The Bertz CT molecular complexity index is 1230. The van der Waals surface area contributed by atoms with Crippen molar-refractivity contribution in [2.24, 2.45) is 0 Å². The van der Waals surface area contributed by atoms with Crippen LogP contribution in [0.25, 0.3) is 10.9 Å². The molecule has 1 atom stereocenters. The number of fused-ring (bicyclic) bond motifs is 2. The number of hydrogen-bond acceptors (Lipinski definition) is 5. The van der Waals surface area contributed by atoms with Gasteiger partial charge in [-0.25, -0.2) is 4.68 Å². The van der Waals surface area contributed by atoms with Crippen LogP contribution in [0.4, 0.5) is 11.5 Å². The molecule has 3 aromatic heterocycles. The number of nitrogens with one attached hydrogen (secondary N) is 2. The molecule has 30 heavy (non-hydrogen) atoms. The Balaban J connectivity index is 1.46. The molecule has 0 radical (unpaired) electrons. The third-order valence-electron chi connectivity index (χ3n) is 5.49. The van der Waals surface area contributed by atoms with Crippen molar-refractivity contribution in [3.63, 3.8) is 0 Å². The molecule has 7 heteroatoms. The van der Waals surface area contributed by atoms with E-state index in [0.717, 1.165) is 23.0 Å². The average Bonchev–Trinajstić information content (AvgIpc) is 3.19. The molecule has 1 amide bonds. The summed E-state index contributed by atoms with van der Waals surface area (Å²) < 4.78 is 1.89. The molecule has 0 fully saturated rings. The van der Waals surface area contributed by atoms with Gasteiger partial charge in [-0.15, -0.1) is 0 Å². The number of rotatable bonds is 3. The van der Waals surface area contributed by atoms with Gasteiger partial charge in [-0.05, 0) is 44.5 Å². The number of pyridine rings is 2. The summed E-state index contributed by atoms with van der Waals surface area (Å²) in [5.74, 6) is 0.478. The van der Waals surface area contributed by atoms with E-state index in [2.05, 4.69) is 39.5 Å². The lowest BCUT2D eigenvalue weighted by Crippen LogP contribution is -2.38. The second-order valence-electron chi connectivity index (χ2n) is 8.16. The van der Waals surface area contributed by atoms with Crippen molar-refractivity contribution in [1.29, 1.82) is 0 Å². The molecule has 7 nitrogen and oxygen atoms in total. The van der Waals surface area contributed by atoms with Gasteiger partial charge in [-0.1, -0.05) is 24.3 Å². The Hall–Kier alpha value is -3.74. The van der Waals surface area contributed by atoms with Crippen molar-refractivity contribution in [1.82, 2.24) is 19.7 Å². The fourth-order valence-corrected chi connectivity index (χ4v) is 4.01. The van der Waals surface area contributed by atoms with Crippen LogP contribution in [0.3, 0.4) is 0 Å². The summed E-state index contributed by atoms with van der Waals surface area (Å²) >= 11 is 0. The van der Waals surface area contributed by atoms with Crippen LogP contribution in [0.15, 0.2) is 67.1 Å². The molecule has 4 heterocycles. The van der Waals surface area contributed by atoms with Crippen molar-refractivity contribution in [3.8, 4) is 0 Å². The van der Waals surface area contributed by atoms with E-state index < -0.39 is 0 Å². The van der Waals surface area contributed by atoms with E-state index in [4.69, 9.17) is 0 Å². The Morgan fingerprint density at radius 3 is 2.80 bits per heavy atom. The first kappa shape index (κ1) is 18.3. The minimum absolute atomic E-state index is 0.000662. The number of amides is 1. The SMILES string of the molecule is CC1(C)CC(c2ccccn2)Nc2c(C(=O)Nc3cnc4ccccc4c3)cnn21. The predicted octanol–water partition coefficient (Wildman–Crippen LogP) is 4.37. The molecule has 0 bridgehead atoms. The Labute approximate surface area is 174 Å². The summed E-state index contributed by atoms with van der Waals surface area (Å²) in [5.41, 5.74) is 2.72. The lowest BCUT2D eigenvalue weighted by Gasteiger charge is -2.37.